The summed E-state index contributed by atoms with van der Waals surface area (Å²) in [5, 5.41) is 0. The summed E-state index contributed by atoms with van der Waals surface area (Å²) in [5.74, 6) is 1.35. The molecule has 1 atom stereocenters. The van der Waals surface area contributed by atoms with E-state index >= 15 is 0 Å². The molecule has 3 rings (SSSR count). The van der Waals surface area contributed by atoms with Crippen LogP contribution in [0.25, 0.3) is 0 Å². The number of nitrogens with zero attached hydrogens (tertiary/aromatic N) is 4. The van der Waals surface area contributed by atoms with Gasteiger partial charge in [-0.2, -0.15) is 0 Å². The molecule has 1 aromatic heterocycles. The van der Waals surface area contributed by atoms with Gasteiger partial charge in [-0.15, -0.1) is 0 Å². The summed E-state index contributed by atoms with van der Waals surface area (Å²) in [6.07, 6.45) is 5.88. The molecule has 3 heterocycles. The lowest BCUT2D eigenvalue weighted by Gasteiger charge is -2.39. The van der Waals surface area contributed by atoms with Gasteiger partial charge in [-0.25, -0.2) is 9.97 Å². The molecule has 0 radical (unpaired) electrons. The molecule has 5 nitrogen and oxygen atoms in total. The first-order valence-corrected chi connectivity index (χ1v) is 9.08. The van der Waals surface area contributed by atoms with Crippen LogP contribution >= 0.6 is 0 Å². The zero-order valence-corrected chi connectivity index (χ0v) is 14.6. The molecule has 2 fully saturated rings. The minimum absolute atomic E-state index is 0.389. The van der Waals surface area contributed by atoms with Crippen molar-refractivity contribution in [1.82, 2.24) is 19.8 Å². The lowest BCUT2D eigenvalue weighted by Crippen LogP contribution is -2.49. The molecule has 23 heavy (non-hydrogen) atoms. The van der Waals surface area contributed by atoms with Crippen molar-refractivity contribution in [3.63, 3.8) is 0 Å². The third-order valence-corrected chi connectivity index (χ3v) is 4.94. The van der Waals surface area contributed by atoms with E-state index in [0.717, 1.165) is 44.4 Å². The second-order valence-corrected chi connectivity index (χ2v) is 7.09. The van der Waals surface area contributed by atoms with Crippen LogP contribution in [0.3, 0.4) is 0 Å². The van der Waals surface area contributed by atoms with E-state index in [0.29, 0.717) is 12.0 Å². The molecule has 128 valence electrons. The van der Waals surface area contributed by atoms with Crippen LogP contribution in [-0.2, 0) is 11.3 Å². The van der Waals surface area contributed by atoms with E-state index in [1.807, 2.05) is 6.20 Å². The van der Waals surface area contributed by atoms with Crippen molar-refractivity contribution in [1.29, 1.82) is 0 Å². The van der Waals surface area contributed by atoms with Crippen molar-refractivity contribution in [2.45, 2.75) is 51.6 Å². The molecular formula is C18H30N4O. The maximum Gasteiger partial charge on any atom is 0.131 e. The zero-order valence-electron chi connectivity index (χ0n) is 14.6. The summed E-state index contributed by atoms with van der Waals surface area (Å²) >= 11 is 0. The van der Waals surface area contributed by atoms with Crippen LogP contribution in [0.5, 0.6) is 0 Å². The number of rotatable bonds is 5. The third kappa shape index (κ3) is 4.72. The van der Waals surface area contributed by atoms with Crippen LogP contribution in [0.15, 0.2) is 12.3 Å². The molecule has 0 saturated carbocycles. The van der Waals surface area contributed by atoms with Gasteiger partial charge in [-0.05, 0) is 25.5 Å². The lowest BCUT2D eigenvalue weighted by atomic mass is 10.0. The van der Waals surface area contributed by atoms with Gasteiger partial charge >= 0.3 is 0 Å². The average Bonchev–Trinajstić information content (AvgIpc) is 2.58. The second kappa shape index (κ2) is 8.18. The largest absolute Gasteiger partial charge is 0.379 e. The smallest absolute Gasteiger partial charge is 0.131 e. The number of aromatic nitrogens is 2. The van der Waals surface area contributed by atoms with Crippen molar-refractivity contribution in [2.24, 2.45) is 0 Å². The minimum atomic E-state index is 0.389. The van der Waals surface area contributed by atoms with Gasteiger partial charge in [0.25, 0.3) is 0 Å². The number of hydrogen-bond donors (Lipinski definition) is 0. The van der Waals surface area contributed by atoms with Gasteiger partial charge < -0.3 is 4.74 Å². The van der Waals surface area contributed by atoms with Gasteiger partial charge in [0.1, 0.15) is 5.82 Å². The molecule has 0 aliphatic carbocycles. The standard InChI is InChI=1S/C18H30N4O/c1-15(2)18-19-7-6-16(20-18)13-22-8-4-3-5-17(22)14-21-9-11-23-12-10-21/h6-7,15,17H,3-5,8-14H2,1-2H3/t17-/m1/s1. The predicted octanol–water partition coefficient (Wildman–Crippen LogP) is 2.29. The van der Waals surface area contributed by atoms with Crippen LogP contribution in [-0.4, -0.2) is 65.2 Å². The number of ether oxygens (including phenoxy) is 1. The van der Waals surface area contributed by atoms with E-state index in [4.69, 9.17) is 9.72 Å². The highest BCUT2D eigenvalue weighted by atomic mass is 16.5. The number of likely N-dealkylation sites (tertiary alicyclic amines) is 1. The summed E-state index contributed by atoms with van der Waals surface area (Å²) in [5.41, 5.74) is 1.16. The summed E-state index contributed by atoms with van der Waals surface area (Å²) in [4.78, 5) is 14.3. The summed E-state index contributed by atoms with van der Waals surface area (Å²) in [7, 11) is 0. The fourth-order valence-electron chi connectivity index (χ4n) is 3.54. The van der Waals surface area contributed by atoms with Crippen molar-refractivity contribution in [3.8, 4) is 0 Å². The summed E-state index contributed by atoms with van der Waals surface area (Å²) in [6, 6.07) is 2.73. The van der Waals surface area contributed by atoms with Crippen molar-refractivity contribution in [2.75, 3.05) is 39.4 Å². The molecular weight excluding hydrogens is 288 g/mol. The van der Waals surface area contributed by atoms with Gasteiger partial charge in [0.05, 0.1) is 18.9 Å². The van der Waals surface area contributed by atoms with Crippen LogP contribution < -0.4 is 0 Å². The van der Waals surface area contributed by atoms with Crippen LogP contribution in [0.2, 0.25) is 0 Å². The third-order valence-electron chi connectivity index (χ3n) is 4.94. The number of morpholine rings is 1. The van der Waals surface area contributed by atoms with Crippen LogP contribution in [0.1, 0.15) is 50.5 Å². The van der Waals surface area contributed by atoms with E-state index in [9.17, 15) is 0 Å². The van der Waals surface area contributed by atoms with Crippen LogP contribution in [0, 0.1) is 0 Å². The molecule has 2 aliphatic rings. The minimum Gasteiger partial charge on any atom is -0.379 e. The Kier molecular flexibility index (Phi) is 5.97. The number of piperidine rings is 1. The van der Waals surface area contributed by atoms with Crippen molar-refractivity contribution in [3.05, 3.63) is 23.8 Å². The molecule has 0 unspecified atom stereocenters. The molecule has 5 heteroatoms. The second-order valence-electron chi connectivity index (χ2n) is 7.09. The topological polar surface area (TPSA) is 41.5 Å². The average molecular weight is 318 g/mol. The Morgan fingerprint density at radius 1 is 1.22 bits per heavy atom. The molecule has 0 N–H and O–H groups in total. The Hall–Kier alpha value is -1.04. The molecule has 0 aromatic carbocycles. The van der Waals surface area contributed by atoms with Crippen molar-refractivity contribution < 1.29 is 4.74 Å². The highest BCUT2D eigenvalue weighted by molar-refractivity contribution is 5.05. The highest BCUT2D eigenvalue weighted by Gasteiger charge is 2.25. The number of hydrogen-bond acceptors (Lipinski definition) is 5. The van der Waals surface area contributed by atoms with E-state index in [1.165, 1.54) is 32.4 Å². The molecule has 0 bridgehead atoms. The highest BCUT2D eigenvalue weighted by Crippen LogP contribution is 2.21. The van der Waals surface area contributed by atoms with Gasteiger partial charge in [0, 0.05) is 44.3 Å². The van der Waals surface area contributed by atoms with Gasteiger partial charge in [0.2, 0.25) is 0 Å². The Bertz CT molecular complexity index is 488. The first kappa shape index (κ1) is 16.8. The van der Waals surface area contributed by atoms with E-state index < -0.39 is 0 Å². The van der Waals surface area contributed by atoms with Gasteiger partial charge in [-0.1, -0.05) is 20.3 Å². The first-order chi connectivity index (χ1) is 11.2. The summed E-state index contributed by atoms with van der Waals surface area (Å²) in [6.45, 7) is 11.6. The quantitative estimate of drug-likeness (QED) is 0.833. The monoisotopic (exact) mass is 318 g/mol. The van der Waals surface area contributed by atoms with Crippen LogP contribution in [0.4, 0.5) is 0 Å². The Morgan fingerprint density at radius 3 is 2.83 bits per heavy atom. The lowest BCUT2D eigenvalue weighted by molar-refractivity contribution is 0.0151. The van der Waals surface area contributed by atoms with E-state index in [-0.39, 0.29) is 0 Å². The van der Waals surface area contributed by atoms with Crippen molar-refractivity contribution >= 4 is 0 Å². The SMILES string of the molecule is CC(C)c1nccc(CN2CCCC[C@@H]2CN2CCOCC2)n1. The Balaban J connectivity index is 1.62. The summed E-state index contributed by atoms with van der Waals surface area (Å²) < 4.78 is 5.47. The Morgan fingerprint density at radius 2 is 2.04 bits per heavy atom. The molecule has 1 aromatic rings. The molecule has 0 amide bonds. The predicted molar refractivity (Wildman–Crippen MR) is 91.4 cm³/mol. The maximum absolute atomic E-state index is 5.47. The molecule has 0 spiro atoms. The van der Waals surface area contributed by atoms with E-state index in [2.05, 4.69) is 34.7 Å². The fourth-order valence-corrected chi connectivity index (χ4v) is 3.54. The first-order valence-electron chi connectivity index (χ1n) is 9.08. The molecule has 2 saturated heterocycles. The maximum atomic E-state index is 5.47. The van der Waals surface area contributed by atoms with E-state index in [1.54, 1.807) is 0 Å². The van der Waals surface area contributed by atoms with Gasteiger partial charge in [-0.3, -0.25) is 9.80 Å². The Labute approximate surface area is 140 Å². The normalized spacial score (nSPS) is 24.2. The molecule has 2 aliphatic heterocycles. The van der Waals surface area contributed by atoms with Gasteiger partial charge in [0.15, 0.2) is 0 Å². The zero-order chi connectivity index (χ0) is 16.1. The fraction of sp³-hybridized carbons (Fsp3) is 0.778.